The van der Waals surface area contributed by atoms with Crippen molar-refractivity contribution >= 4 is 0 Å². The number of benzene rings is 6. The van der Waals surface area contributed by atoms with Gasteiger partial charge >= 0.3 is 0 Å². The maximum Gasteiger partial charge on any atom is 0.164 e. The number of rotatable bonds is 9. The van der Waals surface area contributed by atoms with E-state index >= 15 is 0 Å². The second-order valence-corrected chi connectivity index (χ2v) is 14.0. The van der Waals surface area contributed by atoms with Crippen LogP contribution in [0.3, 0.4) is 0 Å². The highest BCUT2D eigenvalue weighted by atomic mass is 15.0. The lowest BCUT2D eigenvalue weighted by Gasteiger charge is -2.31. The summed E-state index contributed by atoms with van der Waals surface area (Å²) < 4.78 is 0. The van der Waals surface area contributed by atoms with E-state index in [-0.39, 0.29) is 0 Å². The molecule has 6 aromatic carbocycles. The molecule has 0 amide bonds. The third-order valence-corrected chi connectivity index (χ3v) is 10.9. The number of aryl methyl sites for hydroxylation is 2. The van der Waals surface area contributed by atoms with Crippen LogP contribution in [0.25, 0.3) is 56.4 Å². The summed E-state index contributed by atoms with van der Waals surface area (Å²) in [4.78, 5) is 15.5. The van der Waals surface area contributed by atoms with Crippen LogP contribution in [-0.4, -0.2) is 15.0 Å². The number of unbranched alkanes of at least 4 members (excludes halogenated alkanes) is 2. The van der Waals surface area contributed by atoms with Gasteiger partial charge in [-0.2, -0.15) is 0 Å². The largest absolute Gasteiger partial charge is 0.208 e. The van der Waals surface area contributed by atoms with Crippen molar-refractivity contribution in [3.05, 3.63) is 173 Å². The molecule has 0 saturated carbocycles. The Balaban J connectivity index is 1.34. The number of hydrogen-bond acceptors (Lipinski definition) is 3. The fraction of sp³-hybridized carbons (Fsp3) is 0.188. The molecule has 3 nitrogen and oxygen atoms in total. The molecule has 1 aromatic heterocycles. The molecular weight excluding hydrogens is 619 g/mol. The molecule has 0 N–H and O–H groups in total. The molecule has 9 rings (SSSR count). The molecule has 1 heterocycles. The van der Waals surface area contributed by atoms with Crippen molar-refractivity contribution in [3.63, 3.8) is 0 Å². The van der Waals surface area contributed by atoms with Crippen LogP contribution in [0.4, 0.5) is 0 Å². The number of fused-ring (bicyclic) bond motifs is 10. The van der Waals surface area contributed by atoms with Crippen LogP contribution in [0.2, 0.25) is 0 Å². The van der Waals surface area contributed by atoms with E-state index in [4.69, 9.17) is 15.0 Å². The van der Waals surface area contributed by atoms with Gasteiger partial charge < -0.3 is 0 Å². The van der Waals surface area contributed by atoms with E-state index in [2.05, 4.69) is 117 Å². The second-order valence-electron chi connectivity index (χ2n) is 14.0. The molecule has 248 valence electrons. The van der Waals surface area contributed by atoms with E-state index in [9.17, 15) is 0 Å². The zero-order chi connectivity index (χ0) is 34.4. The molecule has 0 fully saturated rings. The van der Waals surface area contributed by atoms with Crippen LogP contribution in [0.15, 0.2) is 140 Å². The van der Waals surface area contributed by atoms with Gasteiger partial charge in [-0.3, -0.25) is 0 Å². The Bertz CT molecular complexity index is 2280. The predicted octanol–water partition coefficient (Wildman–Crippen LogP) is 11.9. The van der Waals surface area contributed by atoms with E-state index in [1.54, 1.807) is 0 Å². The van der Waals surface area contributed by atoms with Crippen molar-refractivity contribution in [3.8, 4) is 56.4 Å². The first kappa shape index (κ1) is 31.3. The number of hydrogen-bond donors (Lipinski definition) is 0. The molecule has 0 bridgehead atoms. The fourth-order valence-electron chi connectivity index (χ4n) is 8.51. The molecule has 0 radical (unpaired) electrons. The summed E-state index contributed by atoms with van der Waals surface area (Å²) in [5.41, 5.74) is 16.0. The zero-order valence-electron chi connectivity index (χ0n) is 29.4. The molecule has 0 unspecified atom stereocenters. The first-order chi connectivity index (χ1) is 25.2. The molecular formula is C48H41N3. The lowest BCUT2D eigenvalue weighted by molar-refractivity contribution is 0.767. The van der Waals surface area contributed by atoms with Crippen LogP contribution < -0.4 is 0 Å². The Kier molecular flexibility index (Phi) is 7.92. The minimum absolute atomic E-state index is 0.436. The monoisotopic (exact) mass is 659 g/mol. The van der Waals surface area contributed by atoms with Gasteiger partial charge in [-0.15, -0.1) is 0 Å². The summed E-state index contributed by atoms with van der Waals surface area (Å²) >= 11 is 0. The van der Waals surface area contributed by atoms with Crippen molar-refractivity contribution in [1.29, 1.82) is 0 Å². The highest BCUT2D eigenvalue weighted by Gasteiger charge is 2.52. The van der Waals surface area contributed by atoms with Crippen molar-refractivity contribution < 1.29 is 0 Å². The van der Waals surface area contributed by atoms with Gasteiger partial charge in [0.1, 0.15) is 0 Å². The van der Waals surface area contributed by atoms with Gasteiger partial charge in [-0.25, -0.2) is 15.0 Å². The molecule has 2 aliphatic carbocycles. The van der Waals surface area contributed by atoms with Gasteiger partial charge in [0.15, 0.2) is 17.5 Å². The normalized spacial score (nSPS) is 13.1. The summed E-state index contributed by atoms with van der Waals surface area (Å²) in [7, 11) is 0. The Morgan fingerprint density at radius 1 is 0.412 bits per heavy atom. The average Bonchev–Trinajstić information content (AvgIpc) is 3.66. The summed E-state index contributed by atoms with van der Waals surface area (Å²) in [6.07, 6.45) is 6.90. The molecule has 7 aromatic rings. The van der Waals surface area contributed by atoms with Gasteiger partial charge in [0.25, 0.3) is 0 Å². The summed E-state index contributed by atoms with van der Waals surface area (Å²) in [6, 6.07) is 51.0. The maximum atomic E-state index is 5.23. The highest BCUT2D eigenvalue weighted by molar-refractivity contribution is 5.99. The highest BCUT2D eigenvalue weighted by Crippen LogP contribution is 2.64. The number of nitrogens with zero attached hydrogens (tertiary/aromatic N) is 3. The third-order valence-electron chi connectivity index (χ3n) is 10.9. The van der Waals surface area contributed by atoms with Crippen molar-refractivity contribution in [2.75, 3.05) is 0 Å². The fourth-order valence-corrected chi connectivity index (χ4v) is 8.51. The summed E-state index contributed by atoms with van der Waals surface area (Å²) in [5.74, 6) is 2.05. The predicted molar refractivity (Wildman–Crippen MR) is 210 cm³/mol. The molecule has 0 aliphatic heterocycles. The van der Waals surface area contributed by atoms with E-state index in [0.29, 0.717) is 17.5 Å². The minimum atomic E-state index is -0.436. The van der Waals surface area contributed by atoms with Crippen molar-refractivity contribution in [1.82, 2.24) is 15.0 Å². The van der Waals surface area contributed by atoms with E-state index in [1.807, 2.05) is 36.4 Å². The SMILES string of the molecule is CCCCc1ccc2c(c1)C1(c3cc(CCCC)ccc3-2)c2ccccc2-c2c(-c3nc(-c4ccccc4)nc(-c4ccccc4)n3)cccc21. The van der Waals surface area contributed by atoms with Crippen molar-refractivity contribution in [2.45, 2.75) is 57.8 Å². The Hall–Kier alpha value is -5.67. The second kappa shape index (κ2) is 12.9. The Labute approximate surface area is 301 Å². The van der Waals surface area contributed by atoms with Crippen LogP contribution in [-0.2, 0) is 18.3 Å². The lowest BCUT2D eigenvalue weighted by Crippen LogP contribution is -2.26. The third kappa shape index (κ3) is 5.06. The molecule has 2 aliphatic rings. The summed E-state index contributed by atoms with van der Waals surface area (Å²) in [6.45, 7) is 4.56. The lowest BCUT2D eigenvalue weighted by atomic mass is 9.70. The van der Waals surface area contributed by atoms with Crippen molar-refractivity contribution in [2.24, 2.45) is 0 Å². The maximum absolute atomic E-state index is 5.23. The van der Waals surface area contributed by atoms with Gasteiger partial charge in [-0.1, -0.05) is 166 Å². The molecule has 3 heteroatoms. The van der Waals surface area contributed by atoms with Gasteiger partial charge in [0, 0.05) is 16.7 Å². The first-order valence-corrected chi connectivity index (χ1v) is 18.6. The van der Waals surface area contributed by atoms with Crippen LogP contribution in [0.5, 0.6) is 0 Å². The average molecular weight is 660 g/mol. The van der Waals surface area contributed by atoms with E-state index < -0.39 is 5.41 Å². The van der Waals surface area contributed by atoms with E-state index in [1.165, 1.54) is 81.3 Å². The van der Waals surface area contributed by atoms with Crippen LogP contribution >= 0.6 is 0 Å². The van der Waals surface area contributed by atoms with Crippen LogP contribution in [0.1, 0.15) is 72.9 Å². The van der Waals surface area contributed by atoms with Gasteiger partial charge in [-0.05, 0) is 81.3 Å². The van der Waals surface area contributed by atoms with Crippen LogP contribution in [0, 0.1) is 0 Å². The number of aromatic nitrogens is 3. The van der Waals surface area contributed by atoms with Gasteiger partial charge in [0.05, 0.1) is 5.41 Å². The molecule has 51 heavy (non-hydrogen) atoms. The smallest absolute Gasteiger partial charge is 0.164 e. The standard InChI is InChI=1S/C48H41N3/c1-3-5-16-32-26-28-36-37-29-27-33(17-6-4-2)31-43(37)48(42(36)30-32)40-24-14-13-22-38(40)44-39(23-15-25-41(44)48)47-50-45(34-18-9-7-10-19-34)49-46(51-47)35-20-11-8-12-21-35/h7-15,18-31H,3-6,16-17H2,1-2H3. The summed E-state index contributed by atoms with van der Waals surface area (Å²) in [5, 5.41) is 0. The molecule has 0 saturated heterocycles. The zero-order valence-corrected chi connectivity index (χ0v) is 29.4. The Morgan fingerprint density at radius 2 is 0.902 bits per heavy atom. The Morgan fingerprint density at radius 3 is 1.47 bits per heavy atom. The molecule has 1 spiro atoms. The quantitative estimate of drug-likeness (QED) is 0.155. The van der Waals surface area contributed by atoms with E-state index in [0.717, 1.165) is 29.5 Å². The first-order valence-electron chi connectivity index (χ1n) is 18.6. The topological polar surface area (TPSA) is 38.7 Å². The van der Waals surface area contributed by atoms with Gasteiger partial charge in [0.2, 0.25) is 0 Å². The molecule has 0 atom stereocenters. The minimum Gasteiger partial charge on any atom is -0.208 e.